The van der Waals surface area contributed by atoms with Gasteiger partial charge in [0.2, 0.25) is 11.9 Å². The molecule has 0 radical (unpaired) electrons. The van der Waals surface area contributed by atoms with Crippen molar-refractivity contribution in [2.24, 2.45) is 5.73 Å². The van der Waals surface area contributed by atoms with Gasteiger partial charge < -0.3 is 16.0 Å². The molecule has 2 rings (SSSR count). The fourth-order valence-electron chi connectivity index (χ4n) is 1.52. The third-order valence-corrected chi connectivity index (χ3v) is 2.38. The summed E-state index contributed by atoms with van der Waals surface area (Å²) in [4.78, 5) is 29.4. The van der Waals surface area contributed by atoms with Gasteiger partial charge in [0.15, 0.2) is 0 Å². The second kappa shape index (κ2) is 4.74. The summed E-state index contributed by atoms with van der Waals surface area (Å²) in [5.41, 5.74) is 6.51. The molecule has 5 N–H and O–H groups in total. The van der Waals surface area contributed by atoms with Crippen LogP contribution in [-0.4, -0.2) is 27.9 Å². The number of anilines is 1. The number of para-hydroxylation sites is 2. The number of benzene rings is 1. The van der Waals surface area contributed by atoms with Gasteiger partial charge in [-0.3, -0.25) is 10.1 Å². The fraction of sp³-hybridized carbons (Fsp3) is 0.182. The third-order valence-electron chi connectivity index (χ3n) is 2.38. The maximum absolute atomic E-state index is 11.7. The van der Waals surface area contributed by atoms with E-state index in [1.807, 2.05) is 24.3 Å². The number of aromatic nitrogens is 2. The molecule has 0 saturated heterocycles. The first-order chi connectivity index (χ1) is 8.56. The number of amides is 3. The van der Waals surface area contributed by atoms with Crippen molar-refractivity contribution < 1.29 is 9.59 Å². The lowest BCUT2D eigenvalue weighted by molar-refractivity contribution is -0.117. The zero-order valence-electron chi connectivity index (χ0n) is 9.73. The SMILES string of the molecule is CC(NC(N)=O)C(=O)Nc1nc2ccccc2[nH]1. The van der Waals surface area contributed by atoms with Gasteiger partial charge in [0.1, 0.15) is 6.04 Å². The van der Waals surface area contributed by atoms with Gasteiger partial charge in [-0.25, -0.2) is 9.78 Å². The zero-order chi connectivity index (χ0) is 13.1. The van der Waals surface area contributed by atoms with Crippen molar-refractivity contribution in [3.63, 3.8) is 0 Å². The minimum atomic E-state index is -0.748. The van der Waals surface area contributed by atoms with Crippen LogP contribution in [0.5, 0.6) is 0 Å². The number of hydrogen-bond acceptors (Lipinski definition) is 3. The van der Waals surface area contributed by atoms with E-state index in [-0.39, 0.29) is 0 Å². The summed E-state index contributed by atoms with van der Waals surface area (Å²) in [7, 11) is 0. The molecule has 7 heteroatoms. The molecule has 1 aromatic carbocycles. The summed E-state index contributed by atoms with van der Waals surface area (Å²) in [6.45, 7) is 1.53. The molecule has 0 fully saturated rings. The highest BCUT2D eigenvalue weighted by atomic mass is 16.2. The van der Waals surface area contributed by atoms with Crippen molar-refractivity contribution in [2.75, 3.05) is 5.32 Å². The van der Waals surface area contributed by atoms with E-state index >= 15 is 0 Å². The summed E-state index contributed by atoms with van der Waals surface area (Å²) in [6, 6.07) is 5.92. The molecule has 1 atom stereocenters. The standard InChI is InChI=1S/C11H13N5O2/c1-6(13-10(12)18)9(17)16-11-14-7-4-2-3-5-8(7)15-11/h2-6H,1H3,(H3,12,13,18)(H2,14,15,16,17). The molecule has 18 heavy (non-hydrogen) atoms. The number of carbonyl (C=O) groups is 2. The van der Waals surface area contributed by atoms with E-state index in [4.69, 9.17) is 5.73 Å². The number of fused-ring (bicyclic) bond motifs is 1. The first kappa shape index (κ1) is 11.9. The van der Waals surface area contributed by atoms with Gasteiger partial charge in [0.25, 0.3) is 0 Å². The number of rotatable bonds is 3. The molecule has 7 nitrogen and oxygen atoms in total. The van der Waals surface area contributed by atoms with Crippen LogP contribution in [0.3, 0.4) is 0 Å². The Morgan fingerprint density at radius 3 is 2.78 bits per heavy atom. The number of H-pyrrole nitrogens is 1. The van der Waals surface area contributed by atoms with Crippen molar-refractivity contribution in [2.45, 2.75) is 13.0 Å². The molecule has 3 amide bonds. The number of aromatic amines is 1. The molecule has 0 bridgehead atoms. The smallest absolute Gasteiger partial charge is 0.312 e. The Balaban J connectivity index is 2.09. The monoisotopic (exact) mass is 247 g/mol. The van der Waals surface area contributed by atoms with E-state index in [2.05, 4.69) is 20.6 Å². The van der Waals surface area contributed by atoms with Crippen molar-refractivity contribution in [3.8, 4) is 0 Å². The van der Waals surface area contributed by atoms with Gasteiger partial charge in [-0.05, 0) is 19.1 Å². The maximum Gasteiger partial charge on any atom is 0.312 e. The topological polar surface area (TPSA) is 113 Å². The minimum absolute atomic E-state index is 0.333. The molecule has 0 aliphatic rings. The molecule has 1 unspecified atom stereocenters. The summed E-state index contributed by atoms with van der Waals surface area (Å²) in [5.74, 6) is -0.0628. The van der Waals surface area contributed by atoms with Crippen LogP contribution in [0, 0.1) is 0 Å². The number of nitrogens with zero attached hydrogens (tertiary/aromatic N) is 1. The molecule has 94 valence electrons. The summed E-state index contributed by atoms with van der Waals surface area (Å²) >= 11 is 0. The Hall–Kier alpha value is -2.57. The number of primary amides is 1. The van der Waals surface area contributed by atoms with Crippen molar-refractivity contribution in [1.82, 2.24) is 15.3 Å². The van der Waals surface area contributed by atoms with E-state index in [0.29, 0.717) is 5.95 Å². The Labute approximate surface area is 103 Å². The lowest BCUT2D eigenvalue weighted by Gasteiger charge is -2.10. The van der Waals surface area contributed by atoms with Gasteiger partial charge in [-0.2, -0.15) is 0 Å². The maximum atomic E-state index is 11.7. The normalized spacial score (nSPS) is 12.1. The molecule has 0 saturated carbocycles. The molecule has 0 aliphatic heterocycles. The second-order valence-corrected chi connectivity index (χ2v) is 3.82. The predicted octanol–water partition coefficient (Wildman–Crippen LogP) is 0.558. The van der Waals surface area contributed by atoms with Crippen LogP contribution >= 0.6 is 0 Å². The van der Waals surface area contributed by atoms with Crippen molar-refractivity contribution in [1.29, 1.82) is 0 Å². The van der Waals surface area contributed by atoms with Crippen LogP contribution in [0.15, 0.2) is 24.3 Å². The van der Waals surface area contributed by atoms with Crippen LogP contribution in [0.25, 0.3) is 11.0 Å². The Kier molecular flexibility index (Phi) is 3.13. The predicted molar refractivity (Wildman–Crippen MR) is 66.9 cm³/mol. The molecule has 0 aliphatic carbocycles. The number of urea groups is 1. The minimum Gasteiger partial charge on any atom is -0.352 e. The molecular weight excluding hydrogens is 234 g/mol. The van der Waals surface area contributed by atoms with Crippen LogP contribution in [0.4, 0.5) is 10.7 Å². The van der Waals surface area contributed by atoms with E-state index < -0.39 is 18.0 Å². The van der Waals surface area contributed by atoms with Crippen LogP contribution in [0.2, 0.25) is 0 Å². The molecule has 2 aromatic rings. The molecular formula is C11H13N5O2. The number of nitrogens with two attached hydrogens (primary N) is 1. The van der Waals surface area contributed by atoms with E-state index in [1.165, 1.54) is 6.92 Å². The average Bonchev–Trinajstić information content (AvgIpc) is 2.69. The van der Waals surface area contributed by atoms with Crippen LogP contribution < -0.4 is 16.4 Å². The molecule has 0 spiro atoms. The highest BCUT2D eigenvalue weighted by molar-refractivity contribution is 5.96. The lowest BCUT2D eigenvalue weighted by Crippen LogP contribution is -2.44. The summed E-state index contributed by atoms with van der Waals surface area (Å²) in [6.07, 6.45) is 0. The van der Waals surface area contributed by atoms with E-state index in [0.717, 1.165) is 11.0 Å². The van der Waals surface area contributed by atoms with E-state index in [1.54, 1.807) is 0 Å². The highest BCUT2D eigenvalue weighted by Gasteiger charge is 2.15. The number of carbonyl (C=O) groups excluding carboxylic acids is 2. The Morgan fingerprint density at radius 2 is 2.11 bits per heavy atom. The van der Waals surface area contributed by atoms with Crippen LogP contribution in [-0.2, 0) is 4.79 Å². The fourth-order valence-corrected chi connectivity index (χ4v) is 1.52. The second-order valence-electron chi connectivity index (χ2n) is 3.82. The van der Waals surface area contributed by atoms with Crippen LogP contribution in [0.1, 0.15) is 6.92 Å². The van der Waals surface area contributed by atoms with Crippen molar-refractivity contribution >= 4 is 28.9 Å². The lowest BCUT2D eigenvalue weighted by atomic mass is 10.3. The molecule has 1 heterocycles. The van der Waals surface area contributed by atoms with Crippen molar-refractivity contribution in [3.05, 3.63) is 24.3 Å². The van der Waals surface area contributed by atoms with Gasteiger partial charge in [-0.1, -0.05) is 12.1 Å². The van der Waals surface area contributed by atoms with Gasteiger partial charge in [0, 0.05) is 0 Å². The quantitative estimate of drug-likeness (QED) is 0.635. The van der Waals surface area contributed by atoms with Gasteiger partial charge in [0.05, 0.1) is 11.0 Å². The third kappa shape index (κ3) is 2.57. The largest absolute Gasteiger partial charge is 0.352 e. The Bertz CT molecular complexity index is 559. The number of hydrogen-bond donors (Lipinski definition) is 4. The number of nitrogens with one attached hydrogen (secondary N) is 3. The zero-order valence-corrected chi connectivity index (χ0v) is 9.73. The van der Waals surface area contributed by atoms with Gasteiger partial charge >= 0.3 is 6.03 Å². The van der Waals surface area contributed by atoms with E-state index in [9.17, 15) is 9.59 Å². The Morgan fingerprint density at radius 1 is 1.39 bits per heavy atom. The first-order valence-corrected chi connectivity index (χ1v) is 5.38. The highest BCUT2D eigenvalue weighted by Crippen LogP contribution is 2.13. The summed E-state index contributed by atoms with van der Waals surface area (Å²) in [5, 5.41) is 4.84. The average molecular weight is 247 g/mol. The molecule has 1 aromatic heterocycles. The first-order valence-electron chi connectivity index (χ1n) is 5.38. The number of imidazole rings is 1. The summed E-state index contributed by atoms with van der Waals surface area (Å²) < 4.78 is 0. The van der Waals surface area contributed by atoms with Gasteiger partial charge in [-0.15, -0.1) is 0 Å².